The molecule has 8 heteroatoms. The molecule has 0 radical (unpaired) electrons. The Bertz CT molecular complexity index is 585. The van der Waals surface area contributed by atoms with Crippen molar-refractivity contribution in [2.24, 2.45) is 0 Å². The molecular formula is C11H15N3O5. The molecular weight excluding hydrogens is 254 g/mol. The zero-order valence-corrected chi connectivity index (χ0v) is 10.5. The summed E-state index contributed by atoms with van der Waals surface area (Å²) in [4.78, 5) is 24.6. The molecule has 1 heterocycles. The summed E-state index contributed by atoms with van der Waals surface area (Å²) in [5.74, 6) is 0. The molecule has 0 fully saturated rings. The van der Waals surface area contributed by atoms with Gasteiger partial charge in [0.15, 0.2) is 0 Å². The van der Waals surface area contributed by atoms with Crippen LogP contribution < -0.4 is 11.2 Å². The molecule has 1 aromatic heterocycles. The first kappa shape index (κ1) is 15.1. The summed E-state index contributed by atoms with van der Waals surface area (Å²) in [7, 11) is 0. The molecule has 0 aliphatic carbocycles. The lowest BCUT2D eigenvalue weighted by molar-refractivity contribution is -0.150. The van der Waals surface area contributed by atoms with Crippen LogP contribution in [0.15, 0.2) is 21.9 Å². The SMILES string of the molecule is C[C@H](O)[C@@H](CO)O[C@@](C)(C#N)n1ccc(=O)[nH]c1=O. The fraction of sp³-hybridized carbons (Fsp3) is 0.545. The summed E-state index contributed by atoms with van der Waals surface area (Å²) < 4.78 is 6.16. The Hall–Kier alpha value is -1.95. The van der Waals surface area contributed by atoms with E-state index in [1.54, 1.807) is 6.07 Å². The highest BCUT2D eigenvalue weighted by Crippen LogP contribution is 2.18. The minimum absolute atomic E-state index is 0.521. The maximum absolute atomic E-state index is 11.6. The molecule has 0 saturated heterocycles. The largest absolute Gasteiger partial charge is 0.394 e. The van der Waals surface area contributed by atoms with Gasteiger partial charge in [-0.05, 0) is 13.8 Å². The Morgan fingerprint density at radius 2 is 2.26 bits per heavy atom. The summed E-state index contributed by atoms with van der Waals surface area (Å²) >= 11 is 0. The number of aromatic nitrogens is 2. The molecule has 0 bridgehead atoms. The first-order chi connectivity index (χ1) is 8.84. The average Bonchev–Trinajstić information content (AvgIpc) is 2.35. The number of nitrogens with one attached hydrogen (secondary N) is 1. The van der Waals surface area contributed by atoms with Crippen LogP contribution >= 0.6 is 0 Å². The summed E-state index contributed by atoms with van der Waals surface area (Å²) in [6.45, 7) is 2.15. The van der Waals surface area contributed by atoms with Gasteiger partial charge in [-0.2, -0.15) is 5.26 Å². The Morgan fingerprint density at radius 1 is 1.63 bits per heavy atom. The second kappa shape index (κ2) is 5.79. The molecule has 0 spiro atoms. The quantitative estimate of drug-likeness (QED) is 0.596. The van der Waals surface area contributed by atoms with E-state index in [1.165, 1.54) is 13.8 Å². The topological polar surface area (TPSA) is 128 Å². The Labute approximate surface area is 108 Å². The van der Waals surface area contributed by atoms with Crippen LogP contribution in [-0.2, 0) is 10.5 Å². The summed E-state index contributed by atoms with van der Waals surface area (Å²) in [6.07, 6.45) is -0.958. The van der Waals surface area contributed by atoms with E-state index in [2.05, 4.69) is 0 Å². The summed E-state index contributed by atoms with van der Waals surface area (Å²) in [6, 6.07) is 2.84. The van der Waals surface area contributed by atoms with Crippen molar-refractivity contribution in [3.63, 3.8) is 0 Å². The smallest absolute Gasteiger partial charge is 0.331 e. The van der Waals surface area contributed by atoms with Gasteiger partial charge in [-0.15, -0.1) is 0 Å². The highest BCUT2D eigenvalue weighted by atomic mass is 16.5. The maximum atomic E-state index is 11.6. The predicted molar refractivity (Wildman–Crippen MR) is 64.2 cm³/mol. The van der Waals surface area contributed by atoms with Crippen molar-refractivity contribution in [1.29, 1.82) is 5.26 Å². The zero-order chi connectivity index (χ0) is 14.6. The van der Waals surface area contributed by atoms with Gasteiger partial charge in [-0.1, -0.05) is 0 Å². The van der Waals surface area contributed by atoms with Gasteiger partial charge in [0.2, 0.25) is 5.72 Å². The van der Waals surface area contributed by atoms with Crippen molar-refractivity contribution in [3.05, 3.63) is 33.1 Å². The van der Waals surface area contributed by atoms with E-state index < -0.39 is 35.8 Å². The van der Waals surface area contributed by atoms with Crippen LogP contribution in [0.2, 0.25) is 0 Å². The van der Waals surface area contributed by atoms with E-state index in [-0.39, 0.29) is 0 Å². The Morgan fingerprint density at radius 3 is 2.68 bits per heavy atom. The number of rotatable bonds is 5. The molecule has 1 aromatic rings. The minimum Gasteiger partial charge on any atom is -0.394 e. The van der Waals surface area contributed by atoms with Crippen LogP contribution in [0.5, 0.6) is 0 Å². The molecule has 3 N–H and O–H groups in total. The van der Waals surface area contributed by atoms with Crippen molar-refractivity contribution in [1.82, 2.24) is 9.55 Å². The van der Waals surface area contributed by atoms with Crippen LogP contribution in [0.4, 0.5) is 0 Å². The van der Waals surface area contributed by atoms with Gasteiger partial charge in [0, 0.05) is 12.3 Å². The fourth-order valence-electron chi connectivity index (χ4n) is 1.47. The lowest BCUT2D eigenvalue weighted by Gasteiger charge is -2.30. The zero-order valence-electron chi connectivity index (χ0n) is 10.5. The number of nitrogens with zero attached hydrogens (tertiary/aromatic N) is 2. The first-order valence-corrected chi connectivity index (χ1v) is 5.54. The van der Waals surface area contributed by atoms with Crippen LogP contribution in [0.3, 0.4) is 0 Å². The molecule has 104 valence electrons. The van der Waals surface area contributed by atoms with Crippen molar-refractivity contribution in [2.75, 3.05) is 6.61 Å². The van der Waals surface area contributed by atoms with Gasteiger partial charge < -0.3 is 14.9 Å². The number of hydrogen-bond donors (Lipinski definition) is 3. The number of ether oxygens (including phenoxy) is 1. The minimum atomic E-state index is -1.76. The van der Waals surface area contributed by atoms with Crippen molar-refractivity contribution in [2.45, 2.75) is 31.8 Å². The molecule has 19 heavy (non-hydrogen) atoms. The van der Waals surface area contributed by atoms with Gasteiger partial charge in [-0.3, -0.25) is 14.3 Å². The van der Waals surface area contributed by atoms with E-state index in [1.807, 2.05) is 4.98 Å². The standard InChI is InChI=1S/C11H15N3O5/c1-7(16)8(5-15)19-11(2,6-12)14-4-3-9(17)13-10(14)18/h3-4,7-8,15-16H,5H2,1-2H3,(H,13,17,18)/t7-,8+,11-/m0/s1. The third kappa shape index (κ3) is 3.29. The van der Waals surface area contributed by atoms with Crippen LogP contribution in [0.25, 0.3) is 0 Å². The number of hydrogen-bond acceptors (Lipinski definition) is 6. The first-order valence-electron chi connectivity index (χ1n) is 5.54. The molecule has 3 atom stereocenters. The van der Waals surface area contributed by atoms with Crippen LogP contribution in [-0.4, -0.2) is 38.6 Å². The van der Waals surface area contributed by atoms with Crippen molar-refractivity contribution in [3.8, 4) is 6.07 Å². The van der Waals surface area contributed by atoms with Crippen LogP contribution in [0.1, 0.15) is 13.8 Å². The molecule has 0 saturated carbocycles. The summed E-state index contributed by atoms with van der Waals surface area (Å²) in [5, 5.41) is 27.6. The predicted octanol–water partition coefficient (Wildman–Crippen LogP) is -1.51. The molecule has 0 unspecified atom stereocenters. The average molecular weight is 269 g/mol. The number of H-pyrrole nitrogens is 1. The van der Waals surface area contributed by atoms with Crippen molar-refractivity contribution < 1.29 is 14.9 Å². The van der Waals surface area contributed by atoms with Gasteiger partial charge in [0.05, 0.1) is 12.7 Å². The lowest BCUT2D eigenvalue weighted by atomic mass is 10.2. The highest BCUT2D eigenvalue weighted by Gasteiger charge is 2.33. The molecule has 0 aliphatic heterocycles. The molecule has 0 aromatic carbocycles. The molecule has 0 aliphatic rings. The number of aliphatic hydroxyl groups excluding tert-OH is 2. The molecule has 8 nitrogen and oxygen atoms in total. The second-order valence-corrected chi connectivity index (χ2v) is 4.15. The van der Waals surface area contributed by atoms with E-state index in [9.17, 15) is 14.7 Å². The van der Waals surface area contributed by atoms with E-state index in [0.29, 0.717) is 0 Å². The van der Waals surface area contributed by atoms with Gasteiger partial charge >= 0.3 is 5.69 Å². The molecule has 0 amide bonds. The number of aromatic amines is 1. The third-order valence-corrected chi connectivity index (χ3v) is 2.59. The van der Waals surface area contributed by atoms with E-state index in [0.717, 1.165) is 16.8 Å². The van der Waals surface area contributed by atoms with Crippen molar-refractivity contribution >= 4 is 0 Å². The Balaban J connectivity index is 3.21. The molecule has 1 rings (SSSR count). The van der Waals surface area contributed by atoms with E-state index in [4.69, 9.17) is 15.1 Å². The van der Waals surface area contributed by atoms with Gasteiger partial charge in [0.25, 0.3) is 5.56 Å². The normalized spacial score (nSPS) is 17.2. The van der Waals surface area contributed by atoms with Gasteiger partial charge in [-0.25, -0.2) is 4.79 Å². The van der Waals surface area contributed by atoms with Crippen LogP contribution in [0, 0.1) is 11.3 Å². The maximum Gasteiger partial charge on any atom is 0.331 e. The van der Waals surface area contributed by atoms with E-state index >= 15 is 0 Å². The summed E-state index contributed by atoms with van der Waals surface area (Å²) in [5.41, 5.74) is -3.18. The highest BCUT2D eigenvalue weighted by molar-refractivity contribution is 4.99. The second-order valence-electron chi connectivity index (χ2n) is 4.15. The fourth-order valence-corrected chi connectivity index (χ4v) is 1.47. The van der Waals surface area contributed by atoms with Gasteiger partial charge in [0.1, 0.15) is 12.2 Å². The lowest BCUT2D eigenvalue weighted by Crippen LogP contribution is -2.47. The number of nitriles is 1. The Kier molecular flexibility index (Phi) is 4.61. The number of aliphatic hydroxyl groups is 2. The monoisotopic (exact) mass is 269 g/mol. The third-order valence-electron chi connectivity index (χ3n) is 2.59.